The van der Waals surface area contributed by atoms with Crippen LogP contribution >= 0.6 is 11.6 Å². The highest BCUT2D eigenvalue weighted by Gasteiger charge is 2.16. The minimum absolute atomic E-state index is 0.194. The molecule has 0 radical (unpaired) electrons. The molecule has 0 amide bonds. The molecule has 2 aromatic carbocycles. The van der Waals surface area contributed by atoms with Crippen LogP contribution in [-0.4, -0.2) is 6.79 Å². The van der Waals surface area contributed by atoms with Crippen LogP contribution in [0.1, 0.15) is 5.56 Å². The molecule has 0 saturated carbocycles. The summed E-state index contributed by atoms with van der Waals surface area (Å²) in [6.45, 7) is 0.456. The van der Waals surface area contributed by atoms with Gasteiger partial charge in [0.1, 0.15) is 17.9 Å². The quantitative estimate of drug-likeness (QED) is 0.684. The van der Waals surface area contributed by atoms with E-state index in [4.69, 9.17) is 30.2 Å². The molecule has 116 valence electrons. The Bertz CT molecular complexity index is 947. The fourth-order valence-corrected chi connectivity index (χ4v) is 2.57. The summed E-state index contributed by atoms with van der Waals surface area (Å²) in [5.74, 6) is 1.87. The molecule has 0 atom stereocenters. The van der Waals surface area contributed by atoms with E-state index >= 15 is 0 Å². The molecule has 5 nitrogen and oxygen atoms in total. The molecule has 1 aromatic heterocycles. The van der Waals surface area contributed by atoms with Gasteiger partial charge in [0.2, 0.25) is 6.79 Å². The zero-order valence-corrected chi connectivity index (χ0v) is 12.6. The lowest BCUT2D eigenvalue weighted by Crippen LogP contribution is -1.98. The first-order chi connectivity index (χ1) is 11.2. The van der Waals surface area contributed by atoms with E-state index in [1.54, 1.807) is 24.3 Å². The van der Waals surface area contributed by atoms with Crippen molar-refractivity contribution in [3.8, 4) is 17.2 Å². The zero-order chi connectivity index (χ0) is 15.8. The first kappa shape index (κ1) is 14.0. The van der Waals surface area contributed by atoms with Gasteiger partial charge in [-0.25, -0.2) is 4.79 Å². The van der Waals surface area contributed by atoms with Gasteiger partial charge in [-0.05, 0) is 24.3 Å². The van der Waals surface area contributed by atoms with Crippen molar-refractivity contribution in [1.82, 2.24) is 0 Å². The maximum atomic E-state index is 11.3. The van der Waals surface area contributed by atoms with Gasteiger partial charge in [-0.15, -0.1) is 0 Å². The van der Waals surface area contributed by atoms with E-state index in [1.807, 2.05) is 12.1 Å². The van der Waals surface area contributed by atoms with E-state index in [1.165, 1.54) is 6.07 Å². The second-order valence-electron chi connectivity index (χ2n) is 5.04. The predicted octanol–water partition coefficient (Wildman–Crippen LogP) is 3.75. The monoisotopic (exact) mass is 330 g/mol. The highest BCUT2D eigenvalue weighted by Crippen LogP contribution is 2.37. The van der Waals surface area contributed by atoms with Crippen LogP contribution in [0.2, 0.25) is 5.02 Å². The molecule has 6 heteroatoms. The molecule has 0 saturated heterocycles. The van der Waals surface area contributed by atoms with Crippen LogP contribution < -0.4 is 19.8 Å². The Kier molecular flexibility index (Phi) is 3.35. The summed E-state index contributed by atoms with van der Waals surface area (Å²) in [5.41, 5.74) is 0.866. The molecule has 3 aromatic rings. The average molecular weight is 331 g/mol. The normalized spacial score (nSPS) is 12.6. The number of rotatable bonds is 3. The molecule has 0 N–H and O–H groups in total. The number of fused-ring (bicyclic) bond motifs is 2. The summed E-state index contributed by atoms with van der Waals surface area (Å²) in [6.07, 6.45) is 0. The van der Waals surface area contributed by atoms with Crippen LogP contribution in [0.15, 0.2) is 51.7 Å². The fourth-order valence-electron chi connectivity index (χ4n) is 2.36. The Hall–Kier alpha value is -2.66. The third-order valence-corrected chi connectivity index (χ3v) is 3.88. The molecule has 2 heterocycles. The number of hydrogen-bond acceptors (Lipinski definition) is 5. The number of benzene rings is 2. The van der Waals surface area contributed by atoms with E-state index in [-0.39, 0.29) is 13.4 Å². The van der Waals surface area contributed by atoms with E-state index in [0.717, 1.165) is 10.9 Å². The van der Waals surface area contributed by atoms with Crippen molar-refractivity contribution in [3.63, 3.8) is 0 Å². The van der Waals surface area contributed by atoms with Crippen molar-refractivity contribution < 1.29 is 18.6 Å². The molecule has 0 aliphatic carbocycles. The Morgan fingerprint density at radius 2 is 1.83 bits per heavy atom. The number of halogens is 1. The highest BCUT2D eigenvalue weighted by molar-refractivity contribution is 6.31. The summed E-state index contributed by atoms with van der Waals surface area (Å²) in [4.78, 5) is 11.3. The van der Waals surface area contributed by atoms with E-state index in [9.17, 15) is 4.79 Å². The lowest BCUT2D eigenvalue weighted by molar-refractivity contribution is 0.174. The second kappa shape index (κ2) is 5.52. The lowest BCUT2D eigenvalue weighted by Gasteiger charge is -2.09. The minimum Gasteiger partial charge on any atom is -0.489 e. The smallest absolute Gasteiger partial charge is 0.336 e. The van der Waals surface area contributed by atoms with Gasteiger partial charge in [0, 0.05) is 29.1 Å². The molecule has 0 bridgehead atoms. The Morgan fingerprint density at radius 3 is 2.70 bits per heavy atom. The topological polar surface area (TPSA) is 57.9 Å². The largest absolute Gasteiger partial charge is 0.489 e. The first-order valence-electron chi connectivity index (χ1n) is 6.94. The summed E-state index contributed by atoms with van der Waals surface area (Å²) in [6, 6.07) is 11.9. The van der Waals surface area contributed by atoms with Gasteiger partial charge < -0.3 is 18.6 Å². The van der Waals surface area contributed by atoms with Gasteiger partial charge in [-0.3, -0.25) is 0 Å². The average Bonchev–Trinajstić information content (AvgIpc) is 2.99. The van der Waals surface area contributed by atoms with Gasteiger partial charge in [-0.1, -0.05) is 11.6 Å². The molecular weight excluding hydrogens is 320 g/mol. The van der Waals surface area contributed by atoms with Gasteiger partial charge in [0.15, 0.2) is 11.5 Å². The first-order valence-corrected chi connectivity index (χ1v) is 7.31. The second-order valence-corrected chi connectivity index (χ2v) is 5.45. The third-order valence-electron chi connectivity index (χ3n) is 3.53. The van der Waals surface area contributed by atoms with Crippen LogP contribution in [0, 0.1) is 0 Å². The Balaban J connectivity index is 1.58. The van der Waals surface area contributed by atoms with Gasteiger partial charge in [0.25, 0.3) is 0 Å². The van der Waals surface area contributed by atoms with Crippen molar-refractivity contribution in [2.24, 2.45) is 0 Å². The fraction of sp³-hybridized carbons (Fsp3) is 0.118. The molecular formula is C17H11ClO5. The van der Waals surface area contributed by atoms with Gasteiger partial charge >= 0.3 is 5.63 Å². The Labute approximate surface area is 136 Å². The van der Waals surface area contributed by atoms with E-state index < -0.39 is 5.63 Å². The van der Waals surface area contributed by atoms with Crippen LogP contribution in [0.4, 0.5) is 0 Å². The zero-order valence-electron chi connectivity index (χ0n) is 11.9. The van der Waals surface area contributed by atoms with Crippen LogP contribution in [-0.2, 0) is 6.61 Å². The van der Waals surface area contributed by atoms with Crippen LogP contribution in [0.25, 0.3) is 11.0 Å². The molecule has 0 spiro atoms. The molecule has 0 unspecified atom stereocenters. The molecule has 1 aliphatic heterocycles. The predicted molar refractivity (Wildman–Crippen MR) is 84.4 cm³/mol. The summed E-state index contributed by atoms with van der Waals surface area (Å²) in [7, 11) is 0. The summed E-state index contributed by atoms with van der Waals surface area (Å²) >= 11 is 6.21. The van der Waals surface area contributed by atoms with Crippen molar-refractivity contribution in [2.45, 2.75) is 6.61 Å². The maximum absolute atomic E-state index is 11.3. The summed E-state index contributed by atoms with van der Waals surface area (Å²) in [5, 5.41) is 1.37. The van der Waals surface area contributed by atoms with Crippen molar-refractivity contribution in [1.29, 1.82) is 0 Å². The van der Waals surface area contributed by atoms with Crippen molar-refractivity contribution in [3.05, 3.63) is 63.5 Å². The van der Waals surface area contributed by atoms with E-state index in [2.05, 4.69) is 0 Å². The lowest BCUT2D eigenvalue weighted by atomic mass is 10.2. The maximum Gasteiger partial charge on any atom is 0.336 e. The standard InChI is InChI=1S/C17H11ClO5/c18-13-7-16-15(21-9-22-16)5-11(13)8-20-12-3-1-10-2-4-17(19)23-14(10)6-12/h1-7H,8-9H2. The number of ether oxygens (including phenoxy) is 3. The van der Waals surface area contributed by atoms with Gasteiger partial charge in [0.05, 0.1) is 5.02 Å². The molecule has 4 rings (SSSR count). The molecule has 1 aliphatic rings. The third kappa shape index (κ3) is 2.71. The Morgan fingerprint density at radius 1 is 1.04 bits per heavy atom. The highest BCUT2D eigenvalue weighted by atomic mass is 35.5. The van der Waals surface area contributed by atoms with Gasteiger partial charge in [-0.2, -0.15) is 0 Å². The molecule has 23 heavy (non-hydrogen) atoms. The summed E-state index contributed by atoms with van der Waals surface area (Å²) < 4.78 is 21.5. The van der Waals surface area contributed by atoms with E-state index in [0.29, 0.717) is 27.9 Å². The minimum atomic E-state index is -0.395. The number of hydrogen-bond donors (Lipinski definition) is 0. The van der Waals surface area contributed by atoms with Crippen LogP contribution in [0.5, 0.6) is 17.2 Å². The SMILES string of the molecule is O=c1ccc2ccc(OCc3cc4c(cc3Cl)OCO4)cc2o1. The molecule has 0 fully saturated rings. The van der Waals surface area contributed by atoms with Crippen molar-refractivity contribution in [2.75, 3.05) is 6.79 Å². The van der Waals surface area contributed by atoms with Crippen LogP contribution in [0.3, 0.4) is 0 Å². The van der Waals surface area contributed by atoms with Crippen molar-refractivity contribution >= 4 is 22.6 Å².